The highest BCUT2D eigenvalue weighted by Gasteiger charge is 2.44. The number of rotatable bonds is 6. The first kappa shape index (κ1) is 15.4. The van der Waals surface area contributed by atoms with Crippen LogP contribution in [-0.2, 0) is 9.53 Å². The maximum atomic E-state index is 11.4. The molecule has 0 radical (unpaired) electrons. The highest BCUT2D eigenvalue weighted by atomic mass is 35.5. The Morgan fingerprint density at radius 3 is 2.60 bits per heavy atom. The molecule has 108 valence electrons. The van der Waals surface area contributed by atoms with Crippen molar-refractivity contribution in [3.63, 3.8) is 0 Å². The van der Waals surface area contributed by atoms with E-state index >= 15 is 0 Å². The highest BCUT2D eigenvalue weighted by Crippen LogP contribution is 2.52. The molecule has 0 heterocycles. The van der Waals surface area contributed by atoms with E-state index in [1.807, 2.05) is 6.07 Å². The molecular formula is C15H17ClO3S. The lowest BCUT2D eigenvalue weighted by Gasteiger charge is -2.13. The molecule has 0 aromatic heterocycles. The smallest absolute Gasteiger partial charge is 0.306 e. The summed E-state index contributed by atoms with van der Waals surface area (Å²) in [7, 11) is 1.42. The number of halogens is 1. The Bertz CT molecular complexity index is 538. The van der Waals surface area contributed by atoms with Crippen LogP contribution in [-0.4, -0.2) is 24.6 Å². The first-order chi connectivity index (χ1) is 9.46. The third kappa shape index (κ3) is 3.76. The van der Waals surface area contributed by atoms with Crippen molar-refractivity contribution in [2.45, 2.75) is 31.1 Å². The molecule has 0 bridgehead atoms. The second-order valence-corrected chi connectivity index (χ2v) is 6.67. The fourth-order valence-electron chi connectivity index (χ4n) is 2.00. The van der Waals surface area contributed by atoms with E-state index in [1.54, 1.807) is 23.9 Å². The van der Waals surface area contributed by atoms with Crippen molar-refractivity contribution in [1.29, 1.82) is 0 Å². The van der Waals surface area contributed by atoms with Gasteiger partial charge in [-0.15, -0.1) is 11.8 Å². The summed E-state index contributed by atoms with van der Waals surface area (Å²) in [4.78, 5) is 23.6. The standard InChI is InChI=1S/C15H17ClO3S/c1-10(17)11-3-4-13(12(16)7-11)20-9-15(5-6-15)8-14(18)19-2/h3-4,7H,5-6,8-9H2,1-2H3. The van der Waals surface area contributed by atoms with E-state index in [9.17, 15) is 9.59 Å². The second kappa shape index (κ2) is 6.19. The van der Waals surface area contributed by atoms with Crippen LogP contribution < -0.4 is 0 Å². The first-order valence-corrected chi connectivity index (χ1v) is 7.82. The number of ether oxygens (including phenoxy) is 1. The van der Waals surface area contributed by atoms with Crippen molar-refractivity contribution in [1.82, 2.24) is 0 Å². The van der Waals surface area contributed by atoms with Gasteiger partial charge in [0.1, 0.15) is 0 Å². The molecule has 0 saturated heterocycles. The summed E-state index contributed by atoms with van der Waals surface area (Å²) in [6.45, 7) is 1.52. The van der Waals surface area contributed by atoms with Crippen LogP contribution in [0.2, 0.25) is 5.02 Å². The fraction of sp³-hybridized carbons (Fsp3) is 0.467. The van der Waals surface area contributed by atoms with Gasteiger partial charge in [0.2, 0.25) is 0 Å². The number of esters is 1. The van der Waals surface area contributed by atoms with Crippen LogP contribution in [0.15, 0.2) is 23.1 Å². The summed E-state index contributed by atoms with van der Waals surface area (Å²) in [5.41, 5.74) is 0.690. The summed E-state index contributed by atoms with van der Waals surface area (Å²) in [5, 5.41) is 0.594. The van der Waals surface area contributed by atoms with Crippen molar-refractivity contribution in [2.24, 2.45) is 5.41 Å². The predicted octanol–water partition coefficient (Wildman–Crippen LogP) is 3.98. The number of benzene rings is 1. The largest absolute Gasteiger partial charge is 0.469 e. The maximum Gasteiger partial charge on any atom is 0.306 e. The number of ketones is 1. The van der Waals surface area contributed by atoms with Crippen molar-refractivity contribution in [3.05, 3.63) is 28.8 Å². The molecule has 1 aliphatic carbocycles. The number of methoxy groups -OCH3 is 1. The molecule has 0 aliphatic heterocycles. The van der Waals surface area contributed by atoms with Gasteiger partial charge in [0, 0.05) is 16.2 Å². The van der Waals surface area contributed by atoms with E-state index in [2.05, 4.69) is 0 Å². The van der Waals surface area contributed by atoms with Crippen LogP contribution in [0, 0.1) is 5.41 Å². The number of carbonyl (C=O) groups is 2. The van der Waals surface area contributed by atoms with E-state index in [-0.39, 0.29) is 17.2 Å². The van der Waals surface area contributed by atoms with Crippen LogP contribution in [0.3, 0.4) is 0 Å². The van der Waals surface area contributed by atoms with Gasteiger partial charge in [-0.2, -0.15) is 0 Å². The SMILES string of the molecule is COC(=O)CC1(CSc2ccc(C(C)=O)cc2Cl)CC1. The third-order valence-corrected chi connectivity index (χ3v) is 5.42. The Balaban J connectivity index is 1.98. The zero-order valence-corrected chi connectivity index (χ0v) is 13.1. The predicted molar refractivity (Wildman–Crippen MR) is 80.5 cm³/mol. The van der Waals surface area contributed by atoms with E-state index in [4.69, 9.17) is 16.3 Å². The average Bonchev–Trinajstić information content (AvgIpc) is 3.17. The minimum Gasteiger partial charge on any atom is -0.469 e. The molecule has 0 unspecified atom stereocenters. The van der Waals surface area contributed by atoms with Crippen molar-refractivity contribution in [3.8, 4) is 0 Å². The summed E-state index contributed by atoms with van der Waals surface area (Å²) < 4.78 is 4.73. The van der Waals surface area contributed by atoms with E-state index in [0.717, 1.165) is 23.5 Å². The zero-order valence-electron chi connectivity index (χ0n) is 11.6. The Hall–Kier alpha value is -1.00. The summed E-state index contributed by atoms with van der Waals surface area (Å²) in [6, 6.07) is 5.36. The van der Waals surface area contributed by atoms with E-state index in [1.165, 1.54) is 14.0 Å². The molecule has 3 nitrogen and oxygen atoms in total. The molecule has 1 aliphatic rings. The van der Waals surface area contributed by atoms with Gasteiger partial charge in [-0.05, 0) is 37.3 Å². The molecule has 0 amide bonds. The van der Waals surface area contributed by atoms with Crippen LogP contribution in [0.5, 0.6) is 0 Å². The second-order valence-electron chi connectivity index (χ2n) is 5.24. The summed E-state index contributed by atoms with van der Waals surface area (Å²) in [6.07, 6.45) is 2.58. The lowest BCUT2D eigenvalue weighted by Crippen LogP contribution is -2.13. The molecule has 2 rings (SSSR count). The molecule has 1 saturated carbocycles. The van der Waals surface area contributed by atoms with Gasteiger partial charge in [0.05, 0.1) is 18.6 Å². The van der Waals surface area contributed by atoms with E-state index < -0.39 is 0 Å². The maximum absolute atomic E-state index is 11.4. The minimum atomic E-state index is -0.152. The Labute approximate surface area is 128 Å². The number of Topliss-reactive ketones (excluding diaryl/α,β-unsaturated/α-hetero) is 1. The van der Waals surface area contributed by atoms with Gasteiger partial charge in [-0.1, -0.05) is 17.7 Å². The van der Waals surface area contributed by atoms with Crippen LogP contribution >= 0.6 is 23.4 Å². The Kier molecular flexibility index (Phi) is 4.76. The number of thioether (sulfide) groups is 1. The third-order valence-electron chi connectivity index (χ3n) is 3.58. The molecule has 1 aromatic rings. The Morgan fingerprint density at radius 1 is 1.40 bits per heavy atom. The fourth-order valence-corrected chi connectivity index (χ4v) is 3.55. The lowest BCUT2D eigenvalue weighted by molar-refractivity contribution is -0.141. The monoisotopic (exact) mass is 312 g/mol. The molecule has 1 fully saturated rings. The number of hydrogen-bond donors (Lipinski definition) is 0. The highest BCUT2D eigenvalue weighted by molar-refractivity contribution is 7.99. The number of hydrogen-bond acceptors (Lipinski definition) is 4. The molecule has 0 N–H and O–H groups in total. The average molecular weight is 313 g/mol. The minimum absolute atomic E-state index is 0.00723. The first-order valence-electron chi connectivity index (χ1n) is 6.46. The summed E-state index contributed by atoms with van der Waals surface area (Å²) >= 11 is 7.83. The molecular weight excluding hydrogens is 296 g/mol. The molecule has 0 spiro atoms. The van der Waals surface area contributed by atoms with Gasteiger partial charge in [-0.3, -0.25) is 9.59 Å². The van der Waals surface area contributed by atoms with Gasteiger partial charge < -0.3 is 4.74 Å². The van der Waals surface area contributed by atoms with E-state index in [0.29, 0.717) is 17.0 Å². The lowest BCUT2D eigenvalue weighted by atomic mass is 10.1. The van der Waals surface area contributed by atoms with Crippen molar-refractivity contribution < 1.29 is 14.3 Å². The van der Waals surface area contributed by atoms with Gasteiger partial charge in [0.15, 0.2) is 5.78 Å². The number of carbonyl (C=O) groups excluding carboxylic acids is 2. The van der Waals surface area contributed by atoms with Gasteiger partial charge in [-0.25, -0.2) is 0 Å². The van der Waals surface area contributed by atoms with Crippen LogP contribution in [0.25, 0.3) is 0 Å². The van der Waals surface area contributed by atoms with Gasteiger partial charge >= 0.3 is 5.97 Å². The molecule has 1 aromatic carbocycles. The topological polar surface area (TPSA) is 43.4 Å². The van der Waals surface area contributed by atoms with Crippen LogP contribution in [0.4, 0.5) is 0 Å². The summed E-state index contributed by atoms with van der Waals surface area (Å²) in [5.74, 6) is 0.704. The van der Waals surface area contributed by atoms with Crippen LogP contribution in [0.1, 0.15) is 36.5 Å². The van der Waals surface area contributed by atoms with Crippen molar-refractivity contribution in [2.75, 3.05) is 12.9 Å². The molecule has 0 atom stereocenters. The Morgan fingerprint density at radius 2 is 2.10 bits per heavy atom. The molecule has 5 heteroatoms. The van der Waals surface area contributed by atoms with Gasteiger partial charge in [0.25, 0.3) is 0 Å². The molecule has 20 heavy (non-hydrogen) atoms. The zero-order chi connectivity index (χ0) is 14.8. The normalized spacial score (nSPS) is 15.8. The van der Waals surface area contributed by atoms with Crippen molar-refractivity contribution >= 4 is 35.1 Å². The quantitative estimate of drug-likeness (QED) is 0.453.